The molecule has 0 spiro atoms. The molecule has 1 aromatic heterocycles. The Hall–Kier alpha value is 0.380. The first-order valence-corrected chi connectivity index (χ1v) is 5.40. The molecule has 0 aliphatic rings. The summed E-state index contributed by atoms with van der Waals surface area (Å²) in [5.41, 5.74) is 0.812. The van der Waals surface area contributed by atoms with Crippen molar-refractivity contribution in [3.8, 4) is 0 Å². The Bertz CT molecular complexity index is 308. The highest BCUT2D eigenvalue weighted by Crippen LogP contribution is 2.33. The van der Waals surface area contributed by atoms with Crippen LogP contribution in [0.5, 0.6) is 0 Å². The number of aromatic carboxylic acids is 1. The first-order chi connectivity index (χ1) is 5.04. The van der Waals surface area contributed by atoms with Crippen LogP contribution in [0.25, 0.3) is 0 Å². The smallest absolute Gasteiger partial charge is 0.346 e. The lowest BCUT2D eigenvalue weighted by molar-refractivity contribution is 0.0701. The third-order valence-corrected chi connectivity index (χ3v) is 5.49. The largest absolute Gasteiger partial charge is 0.477 e. The predicted octanol–water partition coefficient (Wildman–Crippen LogP) is 3.12. The van der Waals surface area contributed by atoms with Gasteiger partial charge < -0.3 is 5.11 Å². The number of carbonyl (C=O) groups is 1. The molecule has 0 bridgehead atoms. The van der Waals surface area contributed by atoms with Crippen LogP contribution in [0.4, 0.5) is 0 Å². The molecule has 0 radical (unpaired) electrons. The van der Waals surface area contributed by atoms with E-state index < -0.39 is 5.97 Å². The fourth-order valence-electron chi connectivity index (χ4n) is 0.662. The van der Waals surface area contributed by atoms with Crippen molar-refractivity contribution >= 4 is 55.8 Å². The maximum absolute atomic E-state index is 10.6. The molecule has 60 valence electrons. The van der Waals surface area contributed by atoms with Crippen molar-refractivity contribution in [2.75, 3.05) is 0 Å². The van der Waals surface area contributed by atoms with Gasteiger partial charge in [-0.05, 0) is 51.0 Å². The summed E-state index contributed by atoms with van der Waals surface area (Å²) in [7, 11) is 0. The predicted molar refractivity (Wildman–Crippen MR) is 56.4 cm³/mol. The van der Waals surface area contributed by atoms with E-state index in [0.29, 0.717) is 4.88 Å². The number of halogens is 2. The molecule has 0 saturated heterocycles. The molecular formula is C6H4BrIO2S. The highest BCUT2D eigenvalue weighted by molar-refractivity contribution is 14.1. The van der Waals surface area contributed by atoms with Gasteiger partial charge in [-0.15, -0.1) is 11.3 Å². The quantitative estimate of drug-likeness (QED) is 0.793. The Kier molecular flexibility index (Phi) is 2.93. The van der Waals surface area contributed by atoms with Gasteiger partial charge in [0.2, 0.25) is 0 Å². The molecular weight excluding hydrogens is 343 g/mol. The average molecular weight is 347 g/mol. The zero-order valence-corrected chi connectivity index (χ0v) is 10.1. The fraction of sp³-hybridized carbons (Fsp3) is 0.167. The highest BCUT2D eigenvalue weighted by atomic mass is 127. The minimum absolute atomic E-state index is 0.418. The molecule has 0 unspecified atom stereocenters. The van der Waals surface area contributed by atoms with E-state index in [4.69, 9.17) is 5.11 Å². The molecule has 5 heteroatoms. The van der Waals surface area contributed by atoms with E-state index >= 15 is 0 Å². The van der Waals surface area contributed by atoms with E-state index in [2.05, 4.69) is 38.5 Å². The average Bonchev–Trinajstić information content (AvgIpc) is 2.17. The number of hydrogen-bond donors (Lipinski definition) is 1. The molecule has 0 fully saturated rings. The maximum atomic E-state index is 10.6. The Morgan fingerprint density at radius 3 is 2.45 bits per heavy atom. The van der Waals surface area contributed by atoms with Gasteiger partial charge in [0, 0.05) is 4.47 Å². The van der Waals surface area contributed by atoms with Crippen molar-refractivity contribution in [2.45, 2.75) is 6.92 Å². The highest BCUT2D eigenvalue weighted by Gasteiger charge is 2.15. The lowest BCUT2D eigenvalue weighted by atomic mass is 10.3. The molecule has 0 saturated carbocycles. The van der Waals surface area contributed by atoms with Gasteiger partial charge in [0.15, 0.2) is 0 Å². The van der Waals surface area contributed by atoms with Crippen LogP contribution in [-0.4, -0.2) is 11.1 Å². The van der Waals surface area contributed by atoms with E-state index in [0.717, 1.165) is 12.9 Å². The number of hydrogen-bond acceptors (Lipinski definition) is 2. The summed E-state index contributed by atoms with van der Waals surface area (Å²) in [4.78, 5) is 11.0. The van der Waals surface area contributed by atoms with Crippen molar-refractivity contribution in [2.24, 2.45) is 0 Å². The molecule has 0 aromatic carbocycles. The van der Waals surface area contributed by atoms with Gasteiger partial charge in [-0.1, -0.05) is 0 Å². The Morgan fingerprint density at radius 1 is 1.73 bits per heavy atom. The molecule has 2 nitrogen and oxygen atoms in total. The van der Waals surface area contributed by atoms with E-state index in [1.165, 1.54) is 11.3 Å². The molecule has 0 aliphatic heterocycles. The summed E-state index contributed by atoms with van der Waals surface area (Å²) in [5, 5.41) is 8.69. The maximum Gasteiger partial charge on any atom is 0.346 e. The zero-order chi connectivity index (χ0) is 8.59. The van der Waals surface area contributed by atoms with Crippen LogP contribution in [0.1, 0.15) is 15.2 Å². The van der Waals surface area contributed by atoms with E-state index in [9.17, 15) is 4.79 Å². The third-order valence-electron chi connectivity index (χ3n) is 1.23. The van der Waals surface area contributed by atoms with Crippen molar-refractivity contribution in [3.05, 3.63) is 17.8 Å². The first kappa shape index (κ1) is 9.47. The van der Waals surface area contributed by atoms with Gasteiger partial charge in [0.25, 0.3) is 0 Å². The van der Waals surface area contributed by atoms with E-state index in [-0.39, 0.29) is 0 Å². The van der Waals surface area contributed by atoms with Gasteiger partial charge in [-0.25, -0.2) is 4.79 Å². The van der Waals surface area contributed by atoms with Crippen LogP contribution >= 0.6 is 49.9 Å². The van der Waals surface area contributed by atoms with Crippen LogP contribution in [0, 0.1) is 9.81 Å². The van der Waals surface area contributed by atoms with Crippen molar-refractivity contribution in [1.82, 2.24) is 0 Å². The van der Waals surface area contributed by atoms with Crippen molar-refractivity contribution < 1.29 is 9.90 Å². The standard InChI is InChI=1S/C6H4BrIO2S/c1-2-3(7)5(8)11-4(2)6(9)10/h1H3,(H,9,10). The van der Waals surface area contributed by atoms with Crippen molar-refractivity contribution in [3.63, 3.8) is 0 Å². The normalized spacial score (nSPS) is 10.1. The molecule has 1 aromatic rings. The van der Waals surface area contributed by atoms with Crippen LogP contribution in [0.2, 0.25) is 0 Å². The van der Waals surface area contributed by atoms with Gasteiger partial charge in [0.05, 0.1) is 2.88 Å². The second-order valence-electron chi connectivity index (χ2n) is 1.95. The molecule has 1 N–H and O–H groups in total. The molecule has 0 aliphatic carbocycles. The van der Waals surface area contributed by atoms with Gasteiger partial charge >= 0.3 is 5.97 Å². The van der Waals surface area contributed by atoms with Crippen LogP contribution < -0.4 is 0 Å². The molecule has 0 atom stereocenters. The van der Waals surface area contributed by atoms with E-state index in [1.54, 1.807) is 6.92 Å². The Labute approximate surface area is 89.9 Å². The number of carboxylic acid groups (broad SMARTS) is 1. The van der Waals surface area contributed by atoms with Gasteiger partial charge in [-0.2, -0.15) is 0 Å². The lowest BCUT2D eigenvalue weighted by Gasteiger charge is -1.88. The van der Waals surface area contributed by atoms with Crippen molar-refractivity contribution in [1.29, 1.82) is 0 Å². The van der Waals surface area contributed by atoms with Crippen LogP contribution in [-0.2, 0) is 0 Å². The second-order valence-corrected chi connectivity index (χ2v) is 5.57. The minimum Gasteiger partial charge on any atom is -0.477 e. The zero-order valence-electron chi connectivity index (χ0n) is 5.52. The summed E-state index contributed by atoms with van der Waals surface area (Å²) in [6, 6.07) is 0. The summed E-state index contributed by atoms with van der Waals surface area (Å²) >= 11 is 6.71. The minimum atomic E-state index is -0.851. The summed E-state index contributed by atoms with van der Waals surface area (Å²) < 4.78 is 1.89. The fourth-order valence-corrected chi connectivity index (χ4v) is 3.06. The molecule has 1 heterocycles. The van der Waals surface area contributed by atoms with Crippen LogP contribution in [0.3, 0.4) is 0 Å². The summed E-state index contributed by atoms with van der Waals surface area (Å²) in [6.45, 7) is 1.80. The summed E-state index contributed by atoms with van der Waals surface area (Å²) in [6.07, 6.45) is 0. The third kappa shape index (κ3) is 1.75. The molecule has 11 heavy (non-hydrogen) atoms. The first-order valence-electron chi connectivity index (χ1n) is 2.71. The van der Waals surface area contributed by atoms with Crippen LogP contribution in [0.15, 0.2) is 4.47 Å². The Morgan fingerprint density at radius 2 is 2.27 bits per heavy atom. The Balaban J connectivity index is 3.29. The number of rotatable bonds is 1. The number of thiophene rings is 1. The SMILES string of the molecule is Cc1c(C(=O)O)sc(I)c1Br. The molecule has 0 amide bonds. The molecule has 1 rings (SSSR count). The van der Waals surface area contributed by atoms with Gasteiger partial charge in [-0.3, -0.25) is 0 Å². The lowest BCUT2D eigenvalue weighted by Crippen LogP contribution is -1.93. The summed E-state index contributed by atoms with van der Waals surface area (Å²) in [5.74, 6) is -0.851. The van der Waals surface area contributed by atoms with E-state index in [1.807, 2.05) is 0 Å². The topological polar surface area (TPSA) is 37.3 Å². The monoisotopic (exact) mass is 346 g/mol. The number of carboxylic acids is 1. The van der Waals surface area contributed by atoms with Gasteiger partial charge in [0.1, 0.15) is 4.88 Å². The second kappa shape index (κ2) is 3.40.